The van der Waals surface area contributed by atoms with Gasteiger partial charge in [-0.15, -0.1) is 0 Å². The van der Waals surface area contributed by atoms with E-state index in [0.717, 1.165) is 21.6 Å². The van der Waals surface area contributed by atoms with Crippen molar-refractivity contribution >= 4 is 27.7 Å². The molecule has 1 aliphatic carbocycles. The Labute approximate surface area is 160 Å². The minimum Gasteiger partial charge on any atom is -0.323 e. The summed E-state index contributed by atoms with van der Waals surface area (Å²) in [5, 5.41) is 3.83. The lowest BCUT2D eigenvalue weighted by molar-refractivity contribution is -0.130. The van der Waals surface area contributed by atoms with Gasteiger partial charge in [0, 0.05) is 28.9 Å². The molecule has 26 heavy (non-hydrogen) atoms. The van der Waals surface area contributed by atoms with Crippen LogP contribution in [0.3, 0.4) is 0 Å². The third-order valence-corrected chi connectivity index (χ3v) is 6.48. The zero-order valence-corrected chi connectivity index (χ0v) is 16.8. The molecule has 3 rings (SSSR count). The van der Waals surface area contributed by atoms with E-state index < -0.39 is 30.6 Å². The molecule has 1 N–H and O–H groups in total. The summed E-state index contributed by atoms with van der Waals surface area (Å²) in [6, 6.07) is 3.63. The summed E-state index contributed by atoms with van der Waals surface area (Å²) in [4.78, 5) is 12.7. The zero-order chi connectivity index (χ0) is 19.4. The van der Waals surface area contributed by atoms with Crippen LogP contribution in [0.25, 0.3) is 0 Å². The second-order valence-corrected chi connectivity index (χ2v) is 8.68. The molecule has 1 aliphatic heterocycles. The lowest BCUT2D eigenvalue weighted by Gasteiger charge is -2.27. The van der Waals surface area contributed by atoms with Crippen LogP contribution in [0.5, 0.6) is 0 Å². The molecule has 4 nitrogen and oxygen atoms in total. The van der Waals surface area contributed by atoms with Gasteiger partial charge in [0.2, 0.25) is 5.67 Å². The van der Waals surface area contributed by atoms with Gasteiger partial charge in [0.05, 0.1) is 6.54 Å². The van der Waals surface area contributed by atoms with E-state index in [-0.39, 0.29) is 11.3 Å². The minimum absolute atomic E-state index is 0.0470. The molecule has 0 aromatic heterocycles. The van der Waals surface area contributed by atoms with Gasteiger partial charge < -0.3 is 5.32 Å². The number of rotatable bonds is 3. The van der Waals surface area contributed by atoms with Gasteiger partial charge in [0.1, 0.15) is 6.04 Å². The molecule has 8 heteroatoms. The summed E-state index contributed by atoms with van der Waals surface area (Å²) in [5.74, 6) is -0.848. The van der Waals surface area contributed by atoms with Crippen molar-refractivity contribution in [1.82, 2.24) is 9.04 Å². The number of halogens is 4. The predicted molar refractivity (Wildman–Crippen MR) is 98.2 cm³/mol. The average molecular weight is 434 g/mol. The Kier molecular flexibility index (Phi) is 4.90. The molecule has 1 fully saturated rings. The topological polar surface area (TPSA) is 35.6 Å². The van der Waals surface area contributed by atoms with E-state index in [0.29, 0.717) is 5.69 Å². The molecule has 3 atom stereocenters. The number of fused-ring (bicyclic) bond motifs is 1. The maximum absolute atomic E-state index is 15.4. The standard InChI is InChI=1S/C18H23BrF3N3O/c1-10-8-17(2,3)11-6-5-7-12(13(10)11)23-16(26)18(22)9-24(4)25(19)14(18)15(20)21/h5-7,10,14-15H,8-9H2,1-4H3,(H,23,26). The van der Waals surface area contributed by atoms with Crippen LogP contribution in [0.1, 0.15) is 44.2 Å². The van der Waals surface area contributed by atoms with Crippen LogP contribution in [-0.2, 0) is 10.2 Å². The van der Waals surface area contributed by atoms with Gasteiger partial charge in [-0.05, 0) is 34.9 Å². The van der Waals surface area contributed by atoms with Gasteiger partial charge in [0.25, 0.3) is 12.3 Å². The number of hydrogen-bond donors (Lipinski definition) is 1. The van der Waals surface area contributed by atoms with Crippen molar-refractivity contribution in [3.05, 3.63) is 29.3 Å². The van der Waals surface area contributed by atoms with Gasteiger partial charge in [-0.3, -0.25) is 4.79 Å². The van der Waals surface area contributed by atoms with Crippen LogP contribution in [0.4, 0.5) is 18.9 Å². The van der Waals surface area contributed by atoms with Gasteiger partial charge in [-0.1, -0.05) is 32.9 Å². The normalized spacial score (nSPS) is 31.4. The molecule has 3 unspecified atom stereocenters. The summed E-state index contributed by atoms with van der Waals surface area (Å²) in [6.45, 7) is 5.85. The second-order valence-electron chi connectivity index (χ2n) is 7.96. The first-order valence-electron chi connectivity index (χ1n) is 8.57. The molecule has 1 amide bonds. The molecule has 0 radical (unpaired) electrons. The van der Waals surface area contributed by atoms with Crippen LogP contribution in [-0.4, -0.2) is 46.7 Å². The number of carbonyl (C=O) groups excluding carboxylic acids is 1. The van der Waals surface area contributed by atoms with Crippen molar-refractivity contribution in [3.8, 4) is 0 Å². The first-order valence-corrected chi connectivity index (χ1v) is 9.28. The molecule has 0 spiro atoms. The fourth-order valence-electron chi connectivity index (χ4n) is 4.37. The largest absolute Gasteiger partial charge is 0.323 e. The smallest absolute Gasteiger partial charge is 0.265 e. The number of nitrogens with one attached hydrogen (secondary N) is 1. The molecule has 144 valence electrons. The highest BCUT2D eigenvalue weighted by molar-refractivity contribution is 9.07. The number of anilines is 1. The number of hydrazine groups is 1. The predicted octanol–water partition coefficient (Wildman–Crippen LogP) is 4.22. The average Bonchev–Trinajstić information content (AvgIpc) is 2.90. The van der Waals surface area contributed by atoms with Crippen molar-refractivity contribution in [3.63, 3.8) is 0 Å². The maximum Gasteiger partial charge on any atom is 0.265 e. The molecule has 1 aromatic rings. The lowest BCUT2D eigenvalue weighted by atomic mass is 9.86. The van der Waals surface area contributed by atoms with Gasteiger partial charge in [-0.2, -0.15) is 4.03 Å². The molecule has 1 saturated heterocycles. The van der Waals surface area contributed by atoms with Crippen molar-refractivity contribution in [2.24, 2.45) is 0 Å². The highest BCUT2D eigenvalue weighted by Gasteiger charge is 2.60. The molecule has 2 aliphatic rings. The lowest BCUT2D eigenvalue weighted by Crippen LogP contribution is -2.53. The Bertz CT molecular complexity index is 730. The monoisotopic (exact) mass is 433 g/mol. The summed E-state index contributed by atoms with van der Waals surface area (Å²) in [5.41, 5.74) is -0.204. The molecule has 0 saturated carbocycles. The van der Waals surface area contributed by atoms with E-state index >= 15 is 4.39 Å². The molecule has 1 heterocycles. The SMILES string of the molecule is CC1CC(C)(C)c2cccc(NC(=O)C3(F)CN(C)N(Br)C3C(F)F)c21. The van der Waals surface area contributed by atoms with Crippen molar-refractivity contribution in [2.45, 2.75) is 56.7 Å². The second kappa shape index (κ2) is 6.49. The van der Waals surface area contributed by atoms with E-state index in [4.69, 9.17) is 0 Å². The Morgan fingerprint density at radius 2 is 2.04 bits per heavy atom. The van der Waals surface area contributed by atoms with E-state index in [1.807, 2.05) is 6.07 Å². The minimum atomic E-state index is -3.02. The zero-order valence-electron chi connectivity index (χ0n) is 15.2. The van der Waals surface area contributed by atoms with E-state index in [1.54, 1.807) is 12.1 Å². The Morgan fingerprint density at radius 1 is 1.38 bits per heavy atom. The fraction of sp³-hybridized carbons (Fsp3) is 0.611. The third-order valence-electron chi connectivity index (χ3n) is 5.49. The molecular formula is C18H23BrF3N3O. The Hall–Kier alpha value is -1.12. The van der Waals surface area contributed by atoms with Gasteiger partial charge >= 0.3 is 0 Å². The Balaban J connectivity index is 1.94. The van der Waals surface area contributed by atoms with Crippen LogP contribution in [0.2, 0.25) is 0 Å². The fourth-order valence-corrected chi connectivity index (χ4v) is 4.99. The number of carbonyl (C=O) groups is 1. The highest BCUT2D eigenvalue weighted by Crippen LogP contribution is 2.48. The van der Waals surface area contributed by atoms with Crippen molar-refractivity contribution in [1.29, 1.82) is 0 Å². The first-order chi connectivity index (χ1) is 12.0. The van der Waals surface area contributed by atoms with E-state index in [9.17, 15) is 13.6 Å². The van der Waals surface area contributed by atoms with E-state index in [2.05, 4.69) is 42.2 Å². The number of amides is 1. The number of benzene rings is 1. The number of nitrogens with zero attached hydrogens (tertiary/aromatic N) is 2. The molecule has 0 bridgehead atoms. The highest BCUT2D eigenvalue weighted by atomic mass is 79.9. The maximum atomic E-state index is 15.4. The third kappa shape index (κ3) is 2.96. The number of hydrogen-bond acceptors (Lipinski definition) is 3. The van der Waals surface area contributed by atoms with Gasteiger partial charge in [0.15, 0.2) is 0 Å². The quantitative estimate of drug-likeness (QED) is 0.724. The van der Waals surface area contributed by atoms with Crippen LogP contribution < -0.4 is 5.32 Å². The molecule has 1 aromatic carbocycles. The number of alkyl halides is 3. The van der Waals surface area contributed by atoms with Gasteiger partial charge in [-0.25, -0.2) is 18.2 Å². The first kappa shape index (κ1) is 19.6. The van der Waals surface area contributed by atoms with Crippen LogP contribution in [0.15, 0.2) is 18.2 Å². The van der Waals surface area contributed by atoms with Crippen LogP contribution in [0, 0.1) is 0 Å². The van der Waals surface area contributed by atoms with Crippen molar-refractivity contribution < 1.29 is 18.0 Å². The summed E-state index contributed by atoms with van der Waals surface area (Å²) >= 11 is 2.93. The molecular weight excluding hydrogens is 411 g/mol. The summed E-state index contributed by atoms with van der Waals surface area (Å²) < 4.78 is 43.2. The Morgan fingerprint density at radius 3 is 2.65 bits per heavy atom. The van der Waals surface area contributed by atoms with Crippen LogP contribution >= 0.6 is 16.1 Å². The van der Waals surface area contributed by atoms with E-state index in [1.165, 1.54) is 12.1 Å². The van der Waals surface area contributed by atoms with Crippen molar-refractivity contribution in [2.75, 3.05) is 18.9 Å². The summed E-state index contributed by atoms with van der Waals surface area (Å²) in [6.07, 6.45) is -2.11. The summed E-state index contributed by atoms with van der Waals surface area (Å²) in [7, 11) is 1.45.